The molecule has 21 heavy (non-hydrogen) atoms. The second-order valence-corrected chi connectivity index (χ2v) is 4.61. The minimum atomic E-state index is -0.724. The fourth-order valence-electron chi connectivity index (χ4n) is 2.02. The topological polar surface area (TPSA) is 127 Å². The summed E-state index contributed by atoms with van der Waals surface area (Å²) in [6.45, 7) is 0. The van der Waals surface area contributed by atoms with Gasteiger partial charge < -0.3 is 21.7 Å². The lowest BCUT2D eigenvalue weighted by molar-refractivity contribution is 0.0989. The highest BCUT2D eigenvalue weighted by molar-refractivity contribution is 5.96. The molecule has 2 rings (SSSR count). The molecule has 2 amide bonds. The maximum Gasteiger partial charge on any atom is 0.252 e. The molecule has 0 aromatic heterocycles. The summed E-state index contributed by atoms with van der Waals surface area (Å²) in [5, 5.41) is 19.1. The Morgan fingerprint density at radius 2 is 1.19 bits per heavy atom. The largest absolute Gasteiger partial charge is 0.507 e. The number of carbonyl (C=O) groups excluding carboxylic acids is 2. The third kappa shape index (κ3) is 3.11. The van der Waals surface area contributed by atoms with Crippen molar-refractivity contribution in [3.8, 4) is 11.5 Å². The molecule has 0 atom stereocenters. The third-order valence-electron chi connectivity index (χ3n) is 3.06. The van der Waals surface area contributed by atoms with Crippen LogP contribution in [0.4, 0.5) is 0 Å². The molecule has 0 unspecified atom stereocenters. The Labute approximate surface area is 120 Å². The van der Waals surface area contributed by atoms with Crippen molar-refractivity contribution in [2.45, 2.75) is 6.42 Å². The number of rotatable bonds is 4. The fraction of sp³-hybridized carbons (Fsp3) is 0.0667. The van der Waals surface area contributed by atoms with Gasteiger partial charge in [0, 0.05) is 0 Å². The zero-order chi connectivity index (χ0) is 15.6. The van der Waals surface area contributed by atoms with Crippen molar-refractivity contribution in [2.75, 3.05) is 0 Å². The zero-order valence-corrected chi connectivity index (χ0v) is 11.0. The van der Waals surface area contributed by atoms with E-state index < -0.39 is 11.8 Å². The van der Waals surface area contributed by atoms with Crippen molar-refractivity contribution in [3.63, 3.8) is 0 Å². The molecule has 0 fully saturated rings. The van der Waals surface area contributed by atoms with Crippen LogP contribution in [0.1, 0.15) is 31.8 Å². The smallest absolute Gasteiger partial charge is 0.252 e. The van der Waals surface area contributed by atoms with Crippen LogP contribution in [0.25, 0.3) is 0 Å². The SMILES string of the molecule is NC(=O)c1cc(Cc2ccc(O)c(C(N)=O)c2)ccc1O. The lowest BCUT2D eigenvalue weighted by Gasteiger charge is -2.07. The van der Waals surface area contributed by atoms with Gasteiger partial charge in [-0.3, -0.25) is 9.59 Å². The lowest BCUT2D eigenvalue weighted by atomic mass is 10.00. The van der Waals surface area contributed by atoms with Gasteiger partial charge in [-0.2, -0.15) is 0 Å². The van der Waals surface area contributed by atoms with Crippen molar-refractivity contribution in [3.05, 3.63) is 58.7 Å². The van der Waals surface area contributed by atoms with Crippen LogP contribution in [0.5, 0.6) is 11.5 Å². The highest BCUT2D eigenvalue weighted by Crippen LogP contribution is 2.23. The van der Waals surface area contributed by atoms with Crippen molar-refractivity contribution < 1.29 is 19.8 Å². The van der Waals surface area contributed by atoms with E-state index in [1.54, 1.807) is 12.1 Å². The van der Waals surface area contributed by atoms with E-state index in [4.69, 9.17) is 11.5 Å². The molecule has 0 aliphatic carbocycles. The van der Waals surface area contributed by atoms with Crippen LogP contribution in [-0.4, -0.2) is 22.0 Å². The van der Waals surface area contributed by atoms with Crippen molar-refractivity contribution >= 4 is 11.8 Å². The van der Waals surface area contributed by atoms with Crippen molar-refractivity contribution in [2.24, 2.45) is 11.5 Å². The standard InChI is InChI=1S/C15H14N2O4/c16-14(20)10-6-8(1-3-12(10)18)5-9-2-4-13(19)11(7-9)15(17)21/h1-4,6-7,18-19H,5H2,(H2,16,20)(H2,17,21). The Hall–Kier alpha value is -3.02. The van der Waals surface area contributed by atoms with Crippen LogP contribution < -0.4 is 11.5 Å². The first-order valence-electron chi connectivity index (χ1n) is 6.12. The minimum Gasteiger partial charge on any atom is -0.507 e. The van der Waals surface area contributed by atoms with Gasteiger partial charge in [-0.15, -0.1) is 0 Å². The Bertz CT molecular complexity index is 664. The van der Waals surface area contributed by atoms with E-state index in [1.165, 1.54) is 24.3 Å². The molecule has 0 spiro atoms. The summed E-state index contributed by atoms with van der Waals surface area (Å²) < 4.78 is 0. The van der Waals surface area contributed by atoms with Crippen LogP contribution in [0.15, 0.2) is 36.4 Å². The molecule has 2 aromatic carbocycles. The average molecular weight is 286 g/mol. The van der Waals surface area contributed by atoms with Gasteiger partial charge >= 0.3 is 0 Å². The molecule has 108 valence electrons. The maximum absolute atomic E-state index is 11.2. The van der Waals surface area contributed by atoms with Crippen LogP contribution in [0.2, 0.25) is 0 Å². The van der Waals surface area contributed by atoms with Crippen LogP contribution in [0.3, 0.4) is 0 Å². The molecule has 6 N–H and O–H groups in total. The second kappa shape index (κ2) is 5.54. The summed E-state index contributed by atoms with van der Waals surface area (Å²) in [4.78, 5) is 22.4. The van der Waals surface area contributed by atoms with Crippen LogP contribution in [-0.2, 0) is 6.42 Å². The number of benzene rings is 2. The number of nitrogens with two attached hydrogens (primary N) is 2. The molecule has 6 nitrogen and oxygen atoms in total. The molecule has 0 heterocycles. The Balaban J connectivity index is 2.34. The minimum absolute atomic E-state index is 0.0291. The molecule has 0 saturated carbocycles. The first-order valence-corrected chi connectivity index (χ1v) is 6.12. The van der Waals surface area contributed by atoms with Gasteiger partial charge in [-0.05, 0) is 41.8 Å². The van der Waals surface area contributed by atoms with Crippen molar-refractivity contribution in [1.29, 1.82) is 0 Å². The van der Waals surface area contributed by atoms with Gasteiger partial charge in [0.25, 0.3) is 11.8 Å². The number of phenols is 2. The van der Waals surface area contributed by atoms with E-state index in [0.717, 1.165) is 11.1 Å². The highest BCUT2D eigenvalue weighted by Gasteiger charge is 2.11. The Kier molecular flexibility index (Phi) is 3.80. The van der Waals surface area contributed by atoms with Gasteiger partial charge in [0.15, 0.2) is 0 Å². The van der Waals surface area contributed by atoms with E-state index >= 15 is 0 Å². The van der Waals surface area contributed by atoms with Gasteiger partial charge in [0.1, 0.15) is 11.5 Å². The van der Waals surface area contributed by atoms with Gasteiger partial charge in [0.2, 0.25) is 0 Å². The maximum atomic E-state index is 11.2. The molecular formula is C15H14N2O4. The van der Waals surface area contributed by atoms with E-state index in [1.807, 2.05) is 0 Å². The Morgan fingerprint density at radius 1 is 0.810 bits per heavy atom. The molecular weight excluding hydrogens is 272 g/mol. The summed E-state index contributed by atoms with van der Waals surface area (Å²) in [6.07, 6.45) is 0.390. The van der Waals surface area contributed by atoms with Crippen molar-refractivity contribution in [1.82, 2.24) is 0 Å². The van der Waals surface area contributed by atoms with Gasteiger partial charge in [0.05, 0.1) is 11.1 Å². The van der Waals surface area contributed by atoms with E-state index in [0.29, 0.717) is 6.42 Å². The lowest BCUT2D eigenvalue weighted by Crippen LogP contribution is -2.12. The molecule has 6 heteroatoms. The predicted molar refractivity (Wildman–Crippen MR) is 76.1 cm³/mol. The first-order chi connectivity index (χ1) is 9.88. The number of aromatic hydroxyl groups is 2. The number of hydrogen-bond acceptors (Lipinski definition) is 4. The number of hydrogen-bond donors (Lipinski definition) is 4. The molecule has 0 saturated heterocycles. The summed E-state index contributed by atoms with van der Waals surface area (Å²) in [5.41, 5.74) is 11.8. The monoisotopic (exact) mass is 286 g/mol. The first kappa shape index (κ1) is 14.4. The molecule has 0 aliphatic rings. The van der Waals surface area contributed by atoms with Crippen LogP contribution in [0, 0.1) is 0 Å². The summed E-state index contributed by atoms with van der Waals surface area (Å²) in [5.74, 6) is -1.82. The zero-order valence-electron chi connectivity index (χ0n) is 11.0. The van der Waals surface area contributed by atoms with E-state index in [9.17, 15) is 19.8 Å². The fourth-order valence-corrected chi connectivity index (χ4v) is 2.02. The summed E-state index contributed by atoms with van der Waals surface area (Å²) >= 11 is 0. The Morgan fingerprint density at radius 3 is 1.52 bits per heavy atom. The third-order valence-corrected chi connectivity index (χ3v) is 3.06. The molecule has 2 aromatic rings. The highest BCUT2D eigenvalue weighted by atomic mass is 16.3. The normalized spacial score (nSPS) is 10.3. The van der Waals surface area contributed by atoms with Gasteiger partial charge in [-0.25, -0.2) is 0 Å². The molecule has 0 aliphatic heterocycles. The predicted octanol–water partition coefficient (Wildman–Crippen LogP) is 0.886. The van der Waals surface area contributed by atoms with Gasteiger partial charge in [-0.1, -0.05) is 12.1 Å². The van der Waals surface area contributed by atoms with Crippen LogP contribution >= 0.6 is 0 Å². The quantitative estimate of drug-likeness (QED) is 0.665. The average Bonchev–Trinajstić information content (AvgIpc) is 2.42. The molecule has 0 radical (unpaired) electrons. The molecule has 0 bridgehead atoms. The number of primary amides is 2. The van der Waals surface area contributed by atoms with E-state index in [-0.39, 0.29) is 22.6 Å². The van der Waals surface area contributed by atoms with E-state index in [2.05, 4.69) is 0 Å². The number of amides is 2. The number of carbonyl (C=O) groups is 2. The summed E-state index contributed by atoms with van der Waals surface area (Å²) in [6, 6.07) is 9.00. The summed E-state index contributed by atoms with van der Waals surface area (Å²) in [7, 11) is 0. The second-order valence-electron chi connectivity index (χ2n) is 4.61.